The molecule has 0 aliphatic heterocycles. The van der Waals surface area contributed by atoms with Crippen LogP contribution < -0.4 is 9.47 Å². The molecule has 0 fully saturated rings. The van der Waals surface area contributed by atoms with E-state index in [1.54, 1.807) is 0 Å². The number of unbranched alkanes of at least 4 members (excludes halogenated alkanes) is 2. The van der Waals surface area contributed by atoms with Crippen molar-refractivity contribution < 1.29 is 9.47 Å². The third-order valence-electron chi connectivity index (χ3n) is 5.02. The number of benzene rings is 1. The van der Waals surface area contributed by atoms with Crippen LogP contribution in [0.1, 0.15) is 79.1 Å². The van der Waals surface area contributed by atoms with Gasteiger partial charge in [-0.2, -0.15) is 0 Å². The van der Waals surface area contributed by atoms with E-state index in [-0.39, 0.29) is 0 Å². The molecule has 26 heavy (non-hydrogen) atoms. The van der Waals surface area contributed by atoms with Gasteiger partial charge in [0.1, 0.15) is 0 Å². The molecule has 2 nitrogen and oxygen atoms in total. The van der Waals surface area contributed by atoms with Crippen LogP contribution >= 0.6 is 31.9 Å². The molecule has 0 saturated carbocycles. The first kappa shape index (κ1) is 23.8. The average molecular weight is 492 g/mol. The normalized spacial score (nSPS) is 13.5. The molecule has 1 aromatic carbocycles. The van der Waals surface area contributed by atoms with E-state index in [9.17, 15) is 0 Å². The van der Waals surface area contributed by atoms with Crippen molar-refractivity contribution in [2.24, 2.45) is 11.8 Å². The van der Waals surface area contributed by atoms with Gasteiger partial charge in [-0.25, -0.2) is 0 Å². The van der Waals surface area contributed by atoms with Crippen LogP contribution in [0.15, 0.2) is 21.1 Å². The maximum absolute atomic E-state index is 6.19. The number of hydrogen-bond donors (Lipinski definition) is 0. The van der Waals surface area contributed by atoms with Gasteiger partial charge < -0.3 is 9.47 Å². The molecule has 150 valence electrons. The molecule has 0 aliphatic rings. The molecule has 4 heteroatoms. The predicted octanol–water partition coefficient (Wildman–Crippen LogP) is 8.40. The number of hydrogen-bond acceptors (Lipinski definition) is 2. The summed E-state index contributed by atoms with van der Waals surface area (Å²) >= 11 is 7.18. The third-order valence-corrected chi connectivity index (χ3v) is 6.87. The smallest absolute Gasteiger partial charge is 0.162 e. The molecule has 0 heterocycles. The zero-order chi connectivity index (χ0) is 19.4. The summed E-state index contributed by atoms with van der Waals surface area (Å²) < 4.78 is 14.4. The summed E-state index contributed by atoms with van der Waals surface area (Å²) in [7, 11) is 0. The van der Waals surface area contributed by atoms with E-state index in [0.717, 1.165) is 46.5 Å². The van der Waals surface area contributed by atoms with Gasteiger partial charge in [0.2, 0.25) is 0 Å². The summed E-state index contributed by atoms with van der Waals surface area (Å²) in [6.07, 6.45) is 9.79. The lowest BCUT2D eigenvalue weighted by atomic mass is 10.0. The highest BCUT2D eigenvalue weighted by Gasteiger charge is 2.15. The minimum atomic E-state index is 0.609. The van der Waals surface area contributed by atoms with Gasteiger partial charge in [-0.05, 0) is 68.7 Å². The Hall–Kier alpha value is -0.220. The molecular formula is C22H36Br2O2. The molecular weight excluding hydrogens is 456 g/mol. The van der Waals surface area contributed by atoms with Crippen LogP contribution in [0.5, 0.6) is 11.5 Å². The van der Waals surface area contributed by atoms with Gasteiger partial charge >= 0.3 is 0 Å². The quantitative estimate of drug-likeness (QED) is 0.260. The van der Waals surface area contributed by atoms with E-state index in [1.165, 1.54) is 38.5 Å². The molecule has 0 saturated heterocycles. The van der Waals surface area contributed by atoms with E-state index in [0.29, 0.717) is 11.8 Å². The third kappa shape index (κ3) is 8.65. The second kappa shape index (κ2) is 13.9. The fourth-order valence-electron chi connectivity index (χ4n) is 2.95. The molecule has 2 unspecified atom stereocenters. The summed E-state index contributed by atoms with van der Waals surface area (Å²) in [6, 6.07) is 4.05. The van der Waals surface area contributed by atoms with Crippen molar-refractivity contribution in [1.29, 1.82) is 0 Å². The Morgan fingerprint density at radius 1 is 0.731 bits per heavy atom. The molecule has 0 N–H and O–H groups in total. The SMILES string of the molecule is CCCCC(CC)COc1cc(Br)c(Br)cc1OCC(CC)CCCC. The second-order valence-corrected chi connectivity index (χ2v) is 8.88. The predicted molar refractivity (Wildman–Crippen MR) is 119 cm³/mol. The highest BCUT2D eigenvalue weighted by atomic mass is 79.9. The maximum atomic E-state index is 6.19. The van der Waals surface area contributed by atoms with Crippen molar-refractivity contribution in [3.63, 3.8) is 0 Å². The zero-order valence-corrected chi connectivity index (χ0v) is 20.1. The van der Waals surface area contributed by atoms with E-state index in [4.69, 9.17) is 9.47 Å². The van der Waals surface area contributed by atoms with Crippen LogP contribution in [0.3, 0.4) is 0 Å². The van der Waals surface area contributed by atoms with Crippen LogP contribution in [0.25, 0.3) is 0 Å². The monoisotopic (exact) mass is 490 g/mol. The number of ether oxygens (including phenoxy) is 2. The Morgan fingerprint density at radius 2 is 1.12 bits per heavy atom. The molecule has 0 amide bonds. The van der Waals surface area contributed by atoms with Gasteiger partial charge in [-0.1, -0.05) is 66.2 Å². The summed E-state index contributed by atoms with van der Waals surface area (Å²) in [6.45, 7) is 10.5. The summed E-state index contributed by atoms with van der Waals surface area (Å²) in [5.74, 6) is 2.91. The minimum absolute atomic E-state index is 0.609. The molecule has 1 aromatic rings. The fraction of sp³-hybridized carbons (Fsp3) is 0.727. The topological polar surface area (TPSA) is 18.5 Å². The minimum Gasteiger partial charge on any atom is -0.489 e. The Balaban J connectivity index is 2.75. The van der Waals surface area contributed by atoms with E-state index >= 15 is 0 Å². The lowest BCUT2D eigenvalue weighted by molar-refractivity contribution is 0.199. The Kier molecular flexibility index (Phi) is 12.7. The van der Waals surface area contributed by atoms with Crippen LogP contribution in [-0.4, -0.2) is 13.2 Å². The first-order valence-electron chi connectivity index (χ1n) is 10.3. The summed E-state index contributed by atoms with van der Waals surface area (Å²) in [5, 5.41) is 0. The molecule has 0 aromatic heterocycles. The van der Waals surface area contributed by atoms with E-state index in [1.807, 2.05) is 12.1 Å². The molecule has 0 aliphatic carbocycles. The van der Waals surface area contributed by atoms with Crippen molar-refractivity contribution in [3.05, 3.63) is 21.1 Å². The Bertz CT molecular complexity index is 460. The lowest BCUT2D eigenvalue weighted by Crippen LogP contribution is -2.14. The summed E-state index contributed by atoms with van der Waals surface area (Å²) in [5.41, 5.74) is 0. The fourth-order valence-corrected chi connectivity index (χ4v) is 3.59. The number of halogens is 2. The Morgan fingerprint density at radius 3 is 1.42 bits per heavy atom. The van der Waals surface area contributed by atoms with Gasteiger partial charge in [0.05, 0.1) is 13.2 Å². The van der Waals surface area contributed by atoms with Crippen molar-refractivity contribution in [2.45, 2.75) is 79.1 Å². The van der Waals surface area contributed by atoms with Crippen LogP contribution in [0.4, 0.5) is 0 Å². The largest absolute Gasteiger partial charge is 0.489 e. The van der Waals surface area contributed by atoms with Crippen molar-refractivity contribution >= 4 is 31.9 Å². The average Bonchev–Trinajstić information content (AvgIpc) is 2.65. The van der Waals surface area contributed by atoms with Gasteiger partial charge in [-0.3, -0.25) is 0 Å². The van der Waals surface area contributed by atoms with Crippen LogP contribution in [-0.2, 0) is 0 Å². The second-order valence-electron chi connectivity index (χ2n) is 7.17. The molecule has 0 spiro atoms. The van der Waals surface area contributed by atoms with Crippen molar-refractivity contribution in [3.8, 4) is 11.5 Å². The molecule has 0 radical (unpaired) electrons. The first-order valence-corrected chi connectivity index (χ1v) is 11.9. The maximum Gasteiger partial charge on any atom is 0.162 e. The summed E-state index contributed by atoms with van der Waals surface area (Å²) in [4.78, 5) is 0. The van der Waals surface area contributed by atoms with Gasteiger partial charge in [0, 0.05) is 8.95 Å². The van der Waals surface area contributed by atoms with Crippen molar-refractivity contribution in [2.75, 3.05) is 13.2 Å². The molecule has 1 rings (SSSR count). The molecule has 0 bridgehead atoms. The standard InChI is InChI=1S/C22H36Br2O2/c1-5-9-11-17(7-3)15-25-21-13-19(23)20(24)14-22(21)26-16-18(8-4)12-10-6-2/h13-14,17-18H,5-12,15-16H2,1-4H3. The zero-order valence-electron chi connectivity index (χ0n) is 17.0. The van der Waals surface area contributed by atoms with Crippen LogP contribution in [0, 0.1) is 11.8 Å². The van der Waals surface area contributed by atoms with Gasteiger partial charge in [0.15, 0.2) is 11.5 Å². The lowest BCUT2D eigenvalue weighted by Gasteiger charge is -2.20. The molecule has 2 atom stereocenters. The van der Waals surface area contributed by atoms with Gasteiger partial charge in [-0.15, -0.1) is 0 Å². The highest BCUT2D eigenvalue weighted by molar-refractivity contribution is 9.13. The van der Waals surface area contributed by atoms with Crippen molar-refractivity contribution in [1.82, 2.24) is 0 Å². The van der Waals surface area contributed by atoms with E-state index in [2.05, 4.69) is 59.6 Å². The van der Waals surface area contributed by atoms with E-state index < -0.39 is 0 Å². The van der Waals surface area contributed by atoms with Gasteiger partial charge in [0.25, 0.3) is 0 Å². The van der Waals surface area contributed by atoms with Crippen LogP contribution in [0.2, 0.25) is 0 Å². The first-order chi connectivity index (χ1) is 12.5. The Labute approximate surface area is 177 Å². The number of rotatable bonds is 14. The highest BCUT2D eigenvalue weighted by Crippen LogP contribution is 2.37.